The molecule has 28 heavy (non-hydrogen) atoms. The monoisotopic (exact) mass is 525 g/mol. The zero-order valence-corrected chi connectivity index (χ0v) is 27.6. The van der Waals surface area contributed by atoms with Crippen molar-refractivity contribution in [3.63, 3.8) is 0 Å². The Labute approximate surface area is 218 Å². The first-order valence-electron chi connectivity index (χ1n) is 9.20. The van der Waals surface area contributed by atoms with E-state index in [1.807, 2.05) is 0 Å². The third-order valence-electron chi connectivity index (χ3n) is 5.51. The quantitative estimate of drug-likeness (QED) is 0.297. The van der Waals surface area contributed by atoms with Crippen LogP contribution in [0.5, 0.6) is 0 Å². The molecule has 0 unspecified atom stereocenters. The molecule has 0 heterocycles. The van der Waals surface area contributed by atoms with Crippen LogP contribution in [0, 0.1) is 5.92 Å². The number of allylic oxidation sites excluding steroid dienone is 8. The molecule has 158 valence electrons. The van der Waals surface area contributed by atoms with Crippen molar-refractivity contribution in [1.29, 1.82) is 0 Å². The van der Waals surface area contributed by atoms with Crippen LogP contribution in [0.15, 0.2) is 46.8 Å². The largest absolute Gasteiger partial charge is 2.00 e. The Kier molecular flexibility index (Phi) is 22.8. The Morgan fingerprint density at radius 2 is 1.29 bits per heavy atom. The van der Waals surface area contributed by atoms with Crippen molar-refractivity contribution >= 4 is 73.1 Å². The van der Waals surface area contributed by atoms with E-state index in [0.29, 0.717) is 0 Å². The number of hydrogen-bond donors (Lipinski definition) is 0. The molecule has 2 nitrogen and oxygen atoms in total. The molecule has 2 rings (SSSR count). The fourth-order valence-corrected chi connectivity index (χ4v) is 18.9. The van der Waals surface area contributed by atoms with E-state index in [2.05, 4.69) is 82.3 Å². The second kappa shape index (κ2) is 17.3. The first-order chi connectivity index (χ1) is 11.2. The molecule has 0 spiro atoms. The van der Waals surface area contributed by atoms with Crippen LogP contribution in [0.25, 0.3) is 6.15 Å². The van der Waals surface area contributed by atoms with Crippen molar-refractivity contribution in [2.24, 2.45) is 0 Å². The molecule has 0 aromatic rings. The van der Waals surface area contributed by atoms with Gasteiger partial charge in [0.05, 0.1) is 0 Å². The van der Waals surface area contributed by atoms with Gasteiger partial charge in [-0.05, 0) is 12.8 Å². The van der Waals surface area contributed by atoms with Gasteiger partial charge >= 0.3 is 53.9 Å². The van der Waals surface area contributed by atoms with E-state index in [4.69, 9.17) is 2.84 Å². The van der Waals surface area contributed by atoms with Crippen LogP contribution >= 0.6 is 24.8 Å². The maximum Gasteiger partial charge on any atom is 2.00 e. The standard InChI is InChI=1S/C18H29Si2.CH3.2Al.2ClH.H2N.O.Ti.3H/c1-15(2)18(19(3,4)16-11-7-8-12-16)20(5,6)17-13-9-10-14-17;;;;;;;;;;;/h7-11,13,18H,12,14H2,1-6H3;1H3;;;2*1H;1H2;;;;;/q-1;;;;;;-1;;+2;;;. The van der Waals surface area contributed by atoms with Crippen LogP contribution < -0.4 is 0 Å². The smallest absolute Gasteiger partial charge is 0.693 e. The van der Waals surface area contributed by atoms with Crippen LogP contribution in [0.3, 0.4) is 0 Å². The van der Waals surface area contributed by atoms with E-state index < -0.39 is 16.1 Å². The summed E-state index contributed by atoms with van der Waals surface area (Å²) in [7, 11) is -2.82. The molecule has 0 aliphatic heterocycles. The normalized spacial score (nSPS) is 14.6. The molecule has 2 aliphatic rings. The average Bonchev–Trinajstić information content (AvgIpc) is 3.19. The van der Waals surface area contributed by atoms with Gasteiger partial charge in [-0.15, -0.1) is 24.8 Å². The van der Waals surface area contributed by atoms with Gasteiger partial charge in [-0.2, -0.15) is 19.0 Å². The molecule has 0 bridgehead atoms. The molecule has 9 heteroatoms. The molecule has 2 aliphatic carbocycles. The summed E-state index contributed by atoms with van der Waals surface area (Å²) >= 11 is 0.938. The number of rotatable bonds is 6. The van der Waals surface area contributed by atoms with Crippen LogP contribution in [0.2, 0.25) is 37.1 Å². The Balaban J connectivity index is -0.000000330. The van der Waals surface area contributed by atoms with Crippen molar-refractivity contribution in [2.45, 2.75) is 63.8 Å². The fraction of sp³-hybridized carbons (Fsp3) is 0.526. The van der Waals surface area contributed by atoms with Crippen LogP contribution in [0.4, 0.5) is 0 Å². The van der Waals surface area contributed by atoms with Crippen LogP contribution in [-0.2, 0) is 24.6 Å². The summed E-state index contributed by atoms with van der Waals surface area (Å²) in [5.74, 6) is 3.80. The summed E-state index contributed by atoms with van der Waals surface area (Å²) in [6.45, 7) is 15.1. The molecule has 0 amide bonds. The summed E-state index contributed by atoms with van der Waals surface area (Å²) in [6.07, 6.45) is 16.4. The van der Waals surface area contributed by atoms with Gasteiger partial charge in [0.25, 0.3) is 0 Å². The van der Waals surface area contributed by atoms with Crippen molar-refractivity contribution in [3.05, 3.63) is 58.9 Å². The minimum absolute atomic E-state index is 0. The van der Waals surface area contributed by atoms with Gasteiger partial charge in [-0.25, -0.2) is 0 Å². The Hall–Kier alpha value is 1.67. The Morgan fingerprint density at radius 1 is 0.964 bits per heavy atom. The molecule has 0 aromatic carbocycles. The van der Waals surface area contributed by atoms with Gasteiger partial charge in [0.1, 0.15) is 0 Å². The summed E-state index contributed by atoms with van der Waals surface area (Å²) in [5.41, 5.74) is 0. The van der Waals surface area contributed by atoms with Crippen molar-refractivity contribution in [3.8, 4) is 0 Å². The number of hydrogen-bond acceptors (Lipinski definition) is 1. The molecular weight excluding hydrogens is 487 g/mol. The van der Waals surface area contributed by atoms with Gasteiger partial charge in [0.15, 0.2) is 0 Å². The zero-order valence-electron chi connectivity index (χ0n) is 19.0. The topological polar surface area (TPSA) is 42.7 Å². The van der Waals surface area contributed by atoms with E-state index in [-0.39, 0.29) is 68.2 Å². The minimum Gasteiger partial charge on any atom is -0.693 e. The maximum absolute atomic E-state index is 4.82. The molecule has 0 aromatic heterocycles. The third-order valence-corrected chi connectivity index (χ3v) is 20.2. The third kappa shape index (κ3) is 9.87. The maximum atomic E-state index is 4.82. The number of nitrogens with two attached hydrogens (primary N) is 1. The summed E-state index contributed by atoms with van der Waals surface area (Å²) in [6, 6.07) is 0. The SMILES string of the molecule is C[C-](C)C([Si](C)(C)C1=CC=CC1)[Si](C)(C)C1=CC=CC1.Cl.Cl.[CH3][AlH][O][AlH2].[NH2-].[Ti+2]. The van der Waals surface area contributed by atoms with Gasteiger partial charge in [-0.3, -0.25) is 0 Å². The second-order valence-electron chi connectivity index (χ2n) is 8.18. The molecule has 0 radical (unpaired) electrons. The van der Waals surface area contributed by atoms with Crippen molar-refractivity contribution in [1.82, 2.24) is 0 Å². The van der Waals surface area contributed by atoms with Crippen molar-refractivity contribution < 1.29 is 24.6 Å². The fourth-order valence-electron chi connectivity index (χ4n) is 4.57. The molecule has 2 N–H and O–H groups in total. The summed E-state index contributed by atoms with van der Waals surface area (Å²) in [4.78, 5) is 0. The number of halogens is 2. The van der Waals surface area contributed by atoms with E-state index in [1.165, 1.54) is 12.8 Å². The van der Waals surface area contributed by atoms with E-state index in [1.54, 1.807) is 16.3 Å². The van der Waals surface area contributed by atoms with Crippen LogP contribution in [-0.4, -0.2) is 48.3 Å². The van der Waals surface area contributed by atoms with E-state index in [0.717, 1.165) is 21.8 Å². The first-order valence-corrected chi connectivity index (χ1v) is 18.2. The average molecular weight is 526 g/mol. The van der Waals surface area contributed by atoms with Crippen LogP contribution in [0.1, 0.15) is 26.7 Å². The Morgan fingerprint density at radius 3 is 1.46 bits per heavy atom. The van der Waals surface area contributed by atoms with E-state index >= 15 is 0 Å². The van der Waals surface area contributed by atoms with E-state index in [9.17, 15) is 0 Å². The minimum atomic E-state index is -1.41. The zero-order chi connectivity index (χ0) is 18.4. The van der Waals surface area contributed by atoms with Gasteiger partial charge < -0.3 is 14.9 Å². The van der Waals surface area contributed by atoms with Crippen molar-refractivity contribution in [2.75, 3.05) is 0 Å². The van der Waals surface area contributed by atoms with Gasteiger partial charge in [0.2, 0.25) is 0 Å². The first kappa shape index (κ1) is 37.0. The molecule has 0 atom stereocenters. The predicted octanol–water partition coefficient (Wildman–Crippen LogP) is 6.29. The molecule has 0 fully saturated rings. The summed E-state index contributed by atoms with van der Waals surface area (Å²) < 4.78 is 4.82. The van der Waals surface area contributed by atoms with Gasteiger partial charge in [-0.1, -0.05) is 78.8 Å². The molecular formula is C19H39Al2Cl2NOSi2Ti. The second-order valence-corrected chi connectivity index (χ2v) is 21.0. The molecule has 0 saturated heterocycles. The van der Waals surface area contributed by atoms with Gasteiger partial charge in [0, 0.05) is 16.1 Å². The Bertz CT molecular complexity index is 510. The molecule has 0 saturated carbocycles. The summed E-state index contributed by atoms with van der Waals surface area (Å²) in [5, 5.41) is 4.33. The predicted molar refractivity (Wildman–Crippen MR) is 139 cm³/mol.